The van der Waals surface area contributed by atoms with E-state index in [-0.39, 0.29) is 17.9 Å². The van der Waals surface area contributed by atoms with Crippen LogP contribution < -0.4 is 5.56 Å². The number of aromatic amines is 1. The molecule has 0 aliphatic heterocycles. The third kappa shape index (κ3) is 3.10. The van der Waals surface area contributed by atoms with Crippen LogP contribution in [0.2, 0.25) is 0 Å². The second-order valence-corrected chi connectivity index (χ2v) is 7.07. The van der Waals surface area contributed by atoms with Gasteiger partial charge in [-0.05, 0) is 23.3 Å². The van der Waals surface area contributed by atoms with Crippen LogP contribution in [-0.2, 0) is 16.0 Å². The second kappa shape index (κ2) is 7.02. The number of ether oxygens (including phenoxy) is 1. The molecule has 1 aliphatic carbocycles. The zero-order valence-electron chi connectivity index (χ0n) is 15.6. The smallest absolute Gasteiger partial charge is 0.307 e. The van der Waals surface area contributed by atoms with E-state index in [1.165, 1.54) is 0 Å². The van der Waals surface area contributed by atoms with Crippen molar-refractivity contribution in [2.75, 3.05) is 0 Å². The van der Waals surface area contributed by atoms with Gasteiger partial charge in [0.2, 0.25) is 0 Å². The quantitative estimate of drug-likeness (QED) is 0.538. The van der Waals surface area contributed by atoms with Crippen molar-refractivity contribution in [2.45, 2.75) is 18.9 Å². The van der Waals surface area contributed by atoms with E-state index in [1.54, 1.807) is 18.2 Å². The number of fused-ring (bicyclic) bond motifs is 4. The van der Waals surface area contributed by atoms with Crippen LogP contribution in [0, 0.1) is 0 Å². The number of aryl methyl sites for hydroxylation is 1. The summed E-state index contributed by atoms with van der Waals surface area (Å²) < 4.78 is 5.85. The average molecular weight is 382 g/mol. The Morgan fingerprint density at radius 2 is 1.52 bits per heavy atom. The second-order valence-electron chi connectivity index (χ2n) is 7.07. The van der Waals surface area contributed by atoms with Gasteiger partial charge in [-0.25, -0.2) is 4.98 Å². The first-order valence-electron chi connectivity index (χ1n) is 9.56. The molecule has 5 heteroatoms. The van der Waals surface area contributed by atoms with Crippen molar-refractivity contribution in [3.63, 3.8) is 0 Å². The van der Waals surface area contributed by atoms with Crippen molar-refractivity contribution >= 4 is 16.9 Å². The minimum absolute atomic E-state index is 0.141. The van der Waals surface area contributed by atoms with Crippen LogP contribution in [0.3, 0.4) is 0 Å². The summed E-state index contributed by atoms with van der Waals surface area (Å²) in [6.07, 6.45) is 0.0512. The minimum Gasteiger partial charge on any atom is -0.452 e. The molecular weight excluding hydrogens is 364 g/mol. The maximum absolute atomic E-state index is 12.6. The van der Waals surface area contributed by atoms with Crippen molar-refractivity contribution in [3.05, 3.63) is 100 Å². The zero-order chi connectivity index (χ0) is 19.8. The first-order valence-corrected chi connectivity index (χ1v) is 9.56. The summed E-state index contributed by atoms with van der Waals surface area (Å²) in [6, 6.07) is 23.1. The molecule has 0 fully saturated rings. The van der Waals surface area contributed by atoms with Gasteiger partial charge in [0.1, 0.15) is 5.82 Å². The fourth-order valence-electron chi connectivity index (χ4n) is 3.90. The van der Waals surface area contributed by atoms with Crippen molar-refractivity contribution in [3.8, 4) is 11.1 Å². The van der Waals surface area contributed by atoms with Crippen LogP contribution in [-0.4, -0.2) is 15.9 Å². The number of nitrogens with zero attached hydrogens (tertiary/aromatic N) is 1. The van der Waals surface area contributed by atoms with Crippen LogP contribution >= 0.6 is 0 Å². The molecule has 1 aliphatic rings. The lowest BCUT2D eigenvalue weighted by Gasteiger charge is -2.15. The highest BCUT2D eigenvalue weighted by Gasteiger charge is 2.30. The van der Waals surface area contributed by atoms with Crippen LogP contribution in [0.25, 0.3) is 22.0 Å². The van der Waals surface area contributed by atoms with Crippen LogP contribution in [0.4, 0.5) is 0 Å². The van der Waals surface area contributed by atoms with Gasteiger partial charge in [-0.1, -0.05) is 60.7 Å². The Kier molecular flexibility index (Phi) is 4.21. The highest BCUT2D eigenvalue weighted by Crippen LogP contribution is 2.45. The Hall–Kier alpha value is -3.73. The van der Waals surface area contributed by atoms with E-state index in [0.29, 0.717) is 23.1 Å². The molecule has 0 radical (unpaired) electrons. The van der Waals surface area contributed by atoms with E-state index in [9.17, 15) is 9.59 Å². The number of H-pyrrole nitrogens is 1. The van der Waals surface area contributed by atoms with Crippen LogP contribution in [0.5, 0.6) is 0 Å². The average Bonchev–Trinajstić information content (AvgIpc) is 3.06. The molecule has 5 rings (SSSR count). The van der Waals surface area contributed by atoms with Gasteiger partial charge < -0.3 is 9.72 Å². The molecular formula is C24H18N2O3. The van der Waals surface area contributed by atoms with Crippen molar-refractivity contribution in [1.29, 1.82) is 0 Å². The minimum atomic E-state index is -0.404. The molecule has 0 unspecified atom stereocenters. The molecule has 1 N–H and O–H groups in total. The number of carbonyl (C=O) groups is 1. The van der Waals surface area contributed by atoms with Gasteiger partial charge in [-0.3, -0.25) is 9.59 Å². The summed E-state index contributed by atoms with van der Waals surface area (Å²) in [7, 11) is 0. The van der Waals surface area contributed by atoms with Gasteiger partial charge in [0, 0.05) is 17.5 Å². The Balaban J connectivity index is 1.35. The fourth-order valence-corrected chi connectivity index (χ4v) is 3.90. The number of nitrogens with one attached hydrogen (secondary N) is 1. The van der Waals surface area contributed by atoms with Crippen LogP contribution in [0.1, 0.15) is 29.5 Å². The summed E-state index contributed by atoms with van der Waals surface area (Å²) in [6.45, 7) is 0. The van der Waals surface area contributed by atoms with Gasteiger partial charge >= 0.3 is 5.97 Å². The molecule has 0 saturated heterocycles. The van der Waals surface area contributed by atoms with Gasteiger partial charge in [-0.2, -0.15) is 0 Å². The van der Waals surface area contributed by atoms with Gasteiger partial charge in [0.15, 0.2) is 6.10 Å². The summed E-state index contributed by atoms with van der Waals surface area (Å²) in [5.74, 6) is 0.162. The first-order chi connectivity index (χ1) is 14.2. The summed E-state index contributed by atoms with van der Waals surface area (Å²) in [5, 5.41) is 0.540. The number of carbonyl (C=O) groups excluding carboxylic acids is 1. The number of hydrogen-bond donors (Lipinski definition) is 1. The lowest BCUT2D eigenvalue weighted by Crippen LogP contribution is -2.15. The molecule has 142 valence electrons. The van der Waals surface area contributed by atoms with Crippen molar-refractivity contribution < 1.29 is 9.53 Å². The van der Waals surface area contributed by atoms with E-state index in [0.717, 1.165) is 22.3 Å². The molecule has 0 amide bonds. The molecule has 0 bridgehead atoms. The van der Waals surface area contributed by atoms with Crippen molar-refractivity contribution in [1.82, 2.24) is 9.97 Å². The van der Waals surface area contributed by atoms with E-state index < -0.39 is 6.10 Å². The van der Waals surface area contributed by atoms with Gasteiger partial charge in [-0.15, -0.1) is 0 Å². The predicted molar refractivity (Wildman–Crippen MR) is 110 cm³/mol. The number of para-hydroxylation sites is 1. The lowest BCUT2D eigenvalue weighted by molar-refractivity contribution is -0.147. The van der Waals surface area contributed by atoms with Gasteiger partial charge in [0.25, 0.3) is 5.56 Å². The van der Waals surface area contributed by atoms with E-state index in [4.69, 9.17) is 4.74 Å². The first kappa shape index (κ1) is 17.4. The highest BCUT2D eigenvalue weighted by atomic mass is 16.5. The molecule has 0 spiro atoms. The third-order valence-corrected chi connectivity index (χ3v) is 5.25. The summed E-state index contributed by atoms with van der Waals surface area (Å²) in [5.41, 5.74) is 4.62. The molecule has 0 saturated carbocycles. The molecule has 0 atom stereocenters. The number of hydrogen-bond acceptors (Lipinski definition) is 4. The number of benzene rings is 3. The van der Waals surface area contributed by atoms with E-state index in [2.05, 4.69) is 9.97 Å². The third-order valence-electron chi connectivity index (χ3n) is 5.25. The molecule has 5 nitrogen and oxygen atoms in total. The predicted octanol–water partition coefficient (Wildman–Crippen LogP) is 4.17. The lowest BCUT2D eigenvalue weighted by atomic mass is 10.1. The Labute approximate surface area is 167 Å². The van der Waals surface area contributed by atoms with Crippen LogP contribution in [0.15, 0.2) is 77.6 Å². The number of rotatable bonds is 4. The standard InChI is InChI=1S/C24H18N2O3/c27-22(14-13-21-25-20-12-6-5-11-19(20)24(28)26-21)29-23-17-9-3-1-7-15(17)16-8-2-4-10-18(16)23/h1-12,23H,13-14H2,(H,25,26,28). The Bertz CT molecular complexity index is 1250. The van der Waals surface area contributed by atoms with E-state index >= 15 is 0 Å². The molecule has 29 heavy (non-hydrogen) atoms. The summed E-state index contributed by atoms with van der Waals surface area (Å²) >= 11 is 0. The monoisotopic (exact) mass is 382 g/mol. The Morgan fingerprint density at radius 1 is 0.897 bits per heavy atom. The summed E-state index contributed by atoms with van der Waals surface area (Å²) in [4.78, 5) is 32.0. The molecule has 3 aromatic carbocycles. The topological polar surface area (TPSA) is 72.0 Å². The molecule has 4 aromatic rings. The largest absolute Gasteiger partial charge is 0.452 e. The van der Waals surface area contributed by atoms with Gasteiger partial charge in [0.05, 0.1) is 17.3 Å². The molecule has 1 heterocycles. The molecule has 1 aromatic heterocycles. The SMILES string of the molecule is O=C(CCc1nc2ccccc2c(=O)[nH]1)OC1c2ccccc2-c2ccccc21. The highest BCUT2D eigenvalue weighted by molar-refractivity contribution is 5.80. The number of esters is 1. The Morgan fingerprint density at radius 3 is 2.24 bits per heavy atom. The zero-order valence-corrected chi connectivity index (χ0v) is 15.6. The van der Waals surface area contributed by atoms with Crippen molar-refractivity contribution in [2.24, 2.45) is 0 Å². The fraction of sp³-hybridized carbons (Fsp3) is 0.125. The maximum atomic E-state index is 12.6. The maximum Gasteiger partial charge on any atom is 0.307 e. The van der Waals surface area contributed by atoms with E-state index in [1.807, 2.05) is 54.6 Å². The number of aromatic nitrogens is 2. The normalized spacial score (nSPS) is 12.6.